The number of carbonyl (C=O) groups excluding carboxylic acids is 1. The molecule has 0 bridgehead atoms. The highest BCUT2D eigenvalue weighted by Gasteiger charge is 2.29. The Morgan fingerprint density at radius 2 is 1.76 bits per heavy atom. The van der Waals surface area contributed by atoms with Gasteiger partial charge in [-0.2, -0.15) is 0 Å². The summed E-state index contributed by atoms with van der Waals surface area (Å²) >= 11 is 12.4. The maximum absolute atomic E-state index is 13.5. The fourth-order valence-corrected chi connectivity index (χ4v) is 6.74. The molecule has 0 aromatic heterocycles. The largest absolute Gasteiger partial charge is 0.353 e. The van der Waals surface area contributed by atoms with E-state index in [9.17, 15) is 13.2 Å². The molecule has 2 aromatic carbocycles. The molecular weight excluding hydrogens is 493 g/mol. The fourth-order valence-electron chi connectivity index (χ4n) is 4.14. The lowest BCUT2D eigenvalue weighted by Gasteiger charge is -2.28. The summed E-state index contributed by atoms with van der Waals surface area (Å²) in [5.41, 5.74) is 1.04. The number of hydrogen-bond donors (Lipinski definition) is 1. The van der Waals surface area contributed by atoms with Crippen LogP contribution in [0.3, 0.4) is 0 Å². The Bertz CT molecular complexity index is 1110. The Morgan fingerprint density at radius 3 is 2.41 bits per heavy atom. The van der Waals surface area contributed by atoms with E-state index in [0.29, 0.717) is 23.7 Å². The van der Waals surface area contributed by atoms with Gasteiger partial charge in [-0.15, -0.1) is 0 Å². The second kappa shape index (κ2) is 12.1. The zero-order chi connectivity index (χ0) is 24.7. The number of anilines is 1. The number of rotatable bonds is 9. The van der Waals surface area contributed by atoms with Crippen molar-refractivity contribution in [3.63, 3.8) is 0 Å². The van der Waals surface area contributed by atoms with Gasteiger partial charge in [-0.25, -0.2) is 8.42 Å². The van der Waals surface area contributed by atoms with Gasteiger partial charge in [-0.1, -0.05) is 47.5 Å². The van der Waals surface area contributed by atoms with Crippen molar-refractivity contribution in [3.05, 3.63) is 64.1 Å². The van der Waals surface area contributed by atoms with Crippen LogP contribution in [0.1, 0.15) is 31.7 Å². The molecule has 34 heavy (non-hydrogen) atoms. The minimum atomic E-state index is -4.03. The number of benzene rings is 2. The Kier molecular flexibility index (Phi) is 9.42. The molecule has 0 unspecified atom stereocenters. The smallest absolute Gasteiger partial charge is 0.267 e. The zero-order valence-corrected chi connectivity index (χ0v) is 21.8. The van der Waals surface area contributed by atoms with Gasteiger partial charge in [0.15, 0.2) is 0 Å². The Balaban J connectivity index is 1.73. The zero-order valence-electron chi connectivity index (χ0n) is 19.5. The number of para-hydroxylation sites is 1. The summed E-state index contributed by atoms with van der Waals surface area (Å²) < 4.78 is 28.2. The summed E-state index contributed by atoms with van der Waals surface area (Å²) in [6.45, 7) is 4.73. The van der Waals surface area contributed by atoms with E-state index >= 15 is 0 Å². The van der Waals surface area contributed by atoms with Crippen molar-refractivity contribution in [3.8, 4) is 0 Å². The molecule has 0 aliphatic carbocycles. The molecule has 6 nitrogen and oxygen atoms in total. The molecule has 0 radical (unpaired) electrons. The van der Waals surface area contributed by atoms with Gasteiger partial charge in [0.25, 0.3) is 10.0 Å². The van der Waals surface area contributed by atoms with Gasteiger partial charge in [0.2, 0.25) is 5.91 Å². The van der Waals surface area contributed by atoms with E-state index in [2.05, 4.69) is 17.3 Å². The molecule has 1 amide bonds. The molecule has 1 aliphatic rings. The second-order valence-corrected chi connectivity index (χ2v) is 11.1. The Morgan fingerprint density at radius 1 is 1.12 bits per heavy atom. The molecule has 184 valence electrons. The highest BCUT2D eigenvalue weighted by Crippen LogP contribution is 2.35. The topological polar surface area (TPSA) is 69.7 Å². The molecule has 0 spiro atoms. The molecule has 3 rings (SSSR count). The average molecular weight is 525 g/mol. The SMILES string of the molecule is CCN(c1ccccc1/C=C/C(=O)NCCC1CCN(C)CC1)S(=O)(=O)c1c(Cl)cccc1Cl. The lowest BCUT2D eigenvalue weighted by molar-refractivity contribution is -0.116. The average Bonchev–Trinajstić information content (AvgIpc) is 2.80. The second-order valence-electron chi connectivity index (χ2n) is 8.44. The van der Waals surface area contributed by atoms with Gasteiger partial charge in [0, 0.05) is 19.2 Å². The van der Waals surface area contributed by atoms with E-state index in [1.165, 1.54) is 22.5 Å². The van der Waals surface area contributed by atoms with Crippen molar-refractivity contribution >= 4 is 50.9 Å². The molecule has 1 N–H and O–H groups in total. The van der Waals surface area contributed by atoms with Crippen molar-refractivity contribution in [2.24, 2.45) is 5.92 Å². The van der Waals surface area contributed by atoms with Gasteiger partial charge in [-0.3, -0.25) is 9.10 Å². The number of nitrogens with zero attached hydrogens (tertiary/aromatic N) is 2. The summed E-state index contributed by atoms with van der Waals surface area (Å²) in [5.74, 6) is 0.434. The summed E-state index contributed by atoms with van der Waals surface area (Å²) in [7, 11) is -1.89. The van der Waals surface area contributed by atoms with Crippen LogP contribution >= 0.6 is 23.2 Å². The van der Waals surface area contributed by atoms with E-state index in [-0.39, 0.29) is 27.4 Å². The summed E-state index contributed by atoms with van der Waals surface area (Å²) in [5, 5.41) is 3.06. The minimum Gasteiger partial charge on any atom is -0.353 e. The number of piperidine rings is 1. The third-order valence-electron chi connectivity index (χ3n) is 6.06. The monoisotopic (exact) mass is 523 g/mol. The predicted octanol–water partition coefficient (Wildman–Crippen LogP) is 5.07. The van der Waals surface area contributed by atoms with Gasteiger partial charge >= 0.3 is 0 Å². The van der Waals surface area contributed by atoms with Crippen LogP contribution in [0.4, 0.5) is 5.69 Å². The predicted molar refractivity (Wildman–Crippen MR) is 140 cm³/mol. The van der Waals surface area contributed by atoms with E-state index in [1.807, 2.05) is 0 Å². The summed E-state index contributed by atoms with van der Waals surface area (Å²) in [6, 6.07) is 11.6. The van der Waals surface area contributed by atoms with Crippen LogP contribution in [0.25, 0.3) is 6.08 Å². The Hall–Kier alpha value is -2.06. The first-order valence-corrected chi connectivity index (χ1v) is 13.6. The fraction of sp³-hybridized carbons (Fsp3) is 0.400. The first kappa shape index (κ1) is 26.5. The molecule has 0 atom stereocenters. The number of nitrogens with one attached hydrogen (secondary N) is 1. The van der Waals surface area contributed by atoms with E-state index in [1.54, 1.807) is 43.3 Å². The maximum atomic E-state index is 13.5. The molecular formula is C25H31Cl2N3O3S. The molecule has 1 saturated heterocycles. The molecule has 2 aromatic rings. The Labute approximate surface area is 212 Å². The highest BCUT2D eigenvalue weighted by atomic mass is 35.5. The maximum Gasteiger partial charge on any atom is 0.267 e. The molecule has 9 heteroatoms. The number of hydrogen-bond acceptors (Lipinski definition) is 4. The standard InChI is InChI=1S/C25H31Cl2N3O3S/c1-3-30(34(32,33)25-21(26)8-6-9-22(25)27)23-10-5-4-7-20(23)11-12-24(31)28-16-13-19-14-17-29(2)18-15-19/h4-12,19H,3,13-18H2,1-2H3,(H,28,31)/b12-11+. The van der Waals surface area contributed by atoms with Crippen LogP contribution in [-0.2, 0) is 14.8 Å². The van der Waals surface area contributed by atoms with Crippen molar-refractivity contribution in [1.29, 1.82) is 0 Å². The summed E-state index contributed by atoms with van der Waals surface area (Å²) in [4.78, 5) is 14.6. The van der Waals surface area contributed by atoms with Crippen molar-refractivity contribution in [2.75, 3.05) is 37.5 Å². The quantitative estimate of drug-likeness (QED) is 0.465. The number of halogens is 2. The van der Waals surface area contributed by atoms with Crippen LogP contribution in [0.2, 0.25) is 10.0 Å². The van der Waals surface area contributed by atoms with Crippen LogP contribution in [0.15, 0.2) is 53.4 Å². The van der Waals surface area contributed by atoms with Crippen molar-refractivity contribution < 1.29 is 13.2 Å². The third-order valence-corrected chi connectivity index (χ3v) is 8.91. The van der Waals surface area contributed by atoms with Gasteiger partial charge in [0.05, 0.1) is 15.7 Å². The van der Waals surface area contributed by atoms with Crippen molar-refractivity contribution in [1.82, 2.24) is 10.2 Å². The number of sulfonamides is 1. The minimum absolute atomic E-state index is 0.0583. The van der Waals surface area contributed by atoms with Crippen LogP contribution in [0, 0.1) is 5.92 Å². The lowest BCUT2D eigenvalue weighted by atomic mass is 9.94. The first-order chi connectivity index (χ1) is 16.2. The number of carbonyl (C=O) groups is 1. The van der Waals surface area contributed by atoms with Crippen LogP contribution < -0.4 is 9.62 Å². The van der Waals surface area contributed by atoms with Crippen LogP contribution in [-0.4, -0.2) is 52.5 Å². The first-order valence-electron chi connectivity index (χ1n) is 11.4. The highest BCUT2D eigenvalue weighted by molar-refractivity contribution is 7.93. The molecule has 0 saturated carbocycles. The lowest BCUT2D eigenvalue weighted by Crippen LogP contribution is -2.32. The number of amides is 1. The third kappa shape index (κ3) is 6.54. The van der Waals surface area contributed by atoms with Crippen molar-refractivity contribution in [2.45, 2.75) is 31.1 Å². The van der Waals surface area contributed by atoms with Gasteiger partial charge in [0.1, 0.15) is 4.90 Å². The van der Waals surface area contributed by atoms with Crippen LogP contribution in [0.5, 0.6) is 0 Å². The van der Waals surface area contributed by atoms with E-state index in [4.69, 9.17) is 23.2 Å². The molecule has 1 heterocycles. The number of likely N-dealkylation sites (tertiary alicyclic amines) is 1. The van der Waals surface area contributed by atoms with E-state index in [0.717, 1.165) is 32.4 Å². The van der Waals surface area contributed by atoms with Gasteiger partial charge in [-0.05, 0) is 82.1 Å². The van der Waals surface area contributed by atoms with Gasteiger partial charge < -0.3 is 10.2 Å². The van der Waals surface area contributed by atoms with E-state index < -0.39 is 10.0 Å². The molecule has 1 aliphatic heterocycles. The summed E-state index contributed by atoms with van der Waals surface area (Å²) in [6.07, 6.45) is 6.35. The normalized spacial score (nSPS) is 15.5. The molecule has 1 fully saturated rings.